The van der Waals surface area contributed by atoms with Gasteiger partial charge in [0.2, 0.25) is 0 Å². The van der Waals surface area contributed by atoms with Crippen molar-refractivity contribution in [2.75, 3.05) is 26.3 Å². The van der Waals surface area contributed by atoms with Crippen LogP contribution in [0.15, 0.2) is 76.8 Å². The van der Waals surface area contributed by atoms with Crippen molar-refractivity contribution < 1.29 is 9.18 Å². The zero-order valence-electron chi connectivity index (χ0n) is 20.6. The lowest BCUT2D eigenvalue weighted by molar-refractivity contribution is 0.0948. The Balaban J connectivity index is 1.47. The number of carbonyl (C=O) groups is 1. The van der Waals surface area contributed by atoms with Crippen LogP contribution in [0.1, 0.15) is 41.0 Å². The van der Waals surface area contributed by atoms with E-state index in [1.54, 1.807) is 6.07 Å². The Morgan fingerprint density at radius 1 is 1.11 bits per heavy atom. The molecule has 2 heterocycles. The van der Waals surface area contributed by atoms with Gasteiger partial charge in [-0.25, -0.2) is 4.39 Å². The third kappa shape index (κ3) is 6.42. The number of benzene rings is 2. The van der Waals surface area contributed by atoms with Gasteiger partial charge in [0, 0.05) is 46.2 Å². The van der Waals surface area contributed by atoms with E-state index in [-0.39, 0.29) is 12.5 Å². The maximum atomic E-state index is 12.5. The molecule has 0 radical (unpaired) electrons. The molecule has 0 aliphatic heterocycles. The number of hydrogen-bond donors (Lipinski definition) is 2. The molecule has 1 amide bonds. The highest BCUT2D eigenvalue weighted by molar-refractivity contribution is 7.99. The smallest absolute Gasteiger partial charge is 0.252 e. The highest BCUT2D eigenvalue weighted by Crippen LogP contribution is 2.33. The number of rotatable bonds is 11. The van der Waals surface area contributed by atoms with Crippen LogP contribution >= 0.6 is 11.8 Å². The van der Waals surface area contributed by atoms with Crippen LogP contribution in [0.4, 0.5) is 4.39 Å². The third-order valence-corrected chi connectivity index (χ3v) is 7.07. The number of fused-ring (bicyclic) bond motifs is 1. The predicted molar refractivity (Wildman–Crippen MR) is 147 cm³/mol. The van der Waals surface area contributed by atoms with Gasteiger partial charge < -0.3 is 10.3 Å². The summed E-state index contributed by atoms with van der Waals surface area (Å²) in [5.41, 5.74) is 4.78. The SMILES string of the molecule is CCN(CC)Cc1ccc(/C=C/c2c[nH]c3cc(Sc4ccccc4C(=O)NCCF)ccc23)nc1. The number of carbonyl (C=O) groups excluding carboxylic acids is 1. The van der Waals surface area contributed by atoms with Crippen LogP contribution in [0.25, 0.3) is 23.1 Å². The third-order valence-electron chi connectivity index (χ3n) is 6.01. The Kier molecular flexibility index (Phi) is 8.92. The van der Waals surface area contributed by atoms with Gasteiger partial charge in [-0.2, -0.15) is 0 Å². The van der Waals surface area contributed by atoms with Crippen molar-refractivity contribution in [1.82, 2.24) is 20.2 Å². The van der Waals surface area contributed by atoms with E-state index in [2.05, 4.69) is 70.4 Å². The molecule has 0 unspecified atom stereocenters. The van der Waals surface area contributed by atoms with E-state index in [1.165, 1.54) is 17.3 Å². The molecule has 7 heteroatoms. The van der Waals surface area contributed by atoms with E-state index in [1.807, 2.05) is 36.7 Å². The minimum atomic E-state index is -0.584. The molecule has 186 valence electrons. The van der Waals surface area contributed by atoms with Crippen LogP contribution in [0.3, 0.4) is 0 Å². The average molecular weight is 503 g/mol. The standard InChI is InChI=1S/C29H31FN4OS/c1-3-34(4-2)20-21-9-11-23(32-18-21)12-10-22-19-33-27-17-24(13-14-25(22)27)36-28-8-6-5-7-26(28)29(35)31-16-15-30/h5-14,17-19,33H,3-4,15-16,20H2,1-2H3,(H,31,35)/b12-10+. The quantitative estimate of drug-likeness (QED) is 0.248. The molecule has 2 aromatic carbocycles. The predicted octanol–water partition coefficient (Wildman–Crippen LogP) is 6.43. The highest BCUT2D eigenvalue weighted by Gasteiger charge is 2.12. The fourth-order valence-corrected chi connectivity index (χ4v) is 4.95. The van der Waals surface area contributed by atoms with Gasteiger partial charge in [-0.05, 0) is 60.6 Å². The van der Waals surface area contributed by atoms with E-state index in [0.29, 0.717) is 5.56 Å². The molecule has 0 saturated heterocycles. The topological polar surface area (TPSA) is 61.0 Å². The van der Waals surface area contributed by atoms with Crippen LogP contribution in [0, 0.1) is 0 Å². The second-order valence-electron chi connectivity index (χ2n) is 8.38. The lowest BCUT2D eigenvalue weighted by Crippen LogP contribution is -2.25. The molecule has 2 aromatic heterocycles. The number of alkyl halides is 1. The molecule has 0 aliphatic rings. The summed E-state index contributed by atoms with van der Waals surface area (Å²) in [5.74, 6) is -0.265. The molecular weight excluding hydrogens is 471 g/mol. The van der Waals surface area contributed by atoms with Crippen LogP contribution in [-0.4, -0.2) is 47.1 Å². The number of halogens is 1. The van der Waals surface area contributed by atoms with Crippen molar-refractivity contribution in [3.63, 3.8) is 0 Å². The van der Waals surface area contributed by atoms with Crippen molar-refractivity contribution >= 4 is 40.7 Å². The molecule has 0 aliphatic carbocycles. The molecule has 2 N–H and O–H groups in total. The maximum absolute atomic E-state index is 12.5. The minimum Gasteiger partial charge on any atom is -0.361 e. The summed E-state index contributed by atoms with van der Waals surface area (Å²) < 4.78 is 12.5. The van der Waals surface area contributed by atoms with Crippen molar-refractivity contribution in [3.05, 3.63) is 89.4 Å². The molecule has 0 saturated carbocycles. The molecule has 0 atom stereocenters. The molecule has 36 heavy (non-hydrogen) atoms. The summed E-state index contributed by atoms with van der Waals surface area (Å²) in [5, 5.41) is 3.72. The van der Waals surface area contributed by atoms with E-state index >= 15 is 0 Å². The average Bonchev–Trinajstić information content (AvgIpc) is 3.32. The van der Waals surface area contributed by atoms with Crippen molar-refractivity contribution in [3.8, 4) is 0 Å². The van der Waals surface area contributed by atoms with Gasteiger partial charge in [-0.1, -0.05) is 56.0 Å². The summed E-state index contributed by atoms with van der Waals surface area (Å²) in [7, 11) is 0. The molecule has 0 bridgehead atoms. The van der Waals surface area contributed by atoms with Crippen LogP contribution < -0.4 is 5.32 Å². The molecule has 0 spiro atoms. The number of amides is 1. The number of pyridine rings is 1. The largest absolute Gasteiger partial charge is 0.361 e. The van der Waals surface area contributed by atoms with Crippen molar-refractivity contribution in [2.24, 2.45) is 0 Å². The summed E-state index contributed by atoms with van der Waals surface area (Å²) >= 11 is 1.51. The summed E-state index contributed by atoms with van der Waals surface area (Å²) in [4.78, 5) is 24.6. The Labute approximate surface area is 215 Å². The second kappa shape index (κ2) is 12.5. The van der Waals surface area contributed by atoms with Crippen molar-refractivity contribution in [2.45, 2.75) is 30.2 Å². The molecule has 4 rings (SSSR count). The first kappa shape index (κ1) is 25.7. The zero-order chi connectivity index (χ0) is 25.3. The normalized spacial score (nSPS) is 11.6. The Morgan fingerprint density at radius 3 is 2.69 bits per heavy atom. The number of aromatic nitrogens is 2. The first-order valence-corrected chi connectivity index (χ1v) is 13.0. The molecule has 4 aromatic rings. The highest BCUT2D eigenvalue weighted by atomic mass is 32.2. The second-order valence-corrected chi connectivity index (χ2v) is 9.50. The maximum Gasteiger partial charge on any atom is 0.252 e. The molecule has 0 fully saturated rings. The fourth-order valence-electron chi connectivity index (χ4n) is 3.96. The van der Waals surface area contributed by atoms with Gasteiger partial charge >= 0.3 is 0 Å². The van der Waals surface area contributed by atoms with Gasteiger partial charge in [0.15, 0.2) is 0 Å². The molecule has 5 nitrogen and oxygen atoms in total. The van der Waals surface area contributed by atoms with Gasteiger partial charge in [-0.15, -0.1) is 0 Å². The number of nitrogens with zero attached hydrogens (tertiary/aromatic N) is 2. The Bertz CT molecular complexity index is 1330. The lowest BCUT2D eigenvalue weighted by atomic mass is 10.1. The molecular formula is C29H31FN4OS. The van der Waals surface area contributed by atoms with E-state index in [4.69, 9.17) is 0 Å². The van der Waals surface area contributed by atoms with Gasteiger partial charge in [0.05, 0.1) is 11.3 Å². The fraction of sp³-hybridized carbons (Fsp3) is 0.241. The first-order chi connectivity index (χ1) is 17.6. The van der Waals surface area contributed by atoms with Crippen LogP contribution in [0.5, 0.6) is 0 Å². The summed E-state index contributed by atoms with van der Waals surface area (Å²) in [6.45, 7) is 6.75. The van der Waals surface area contributed by atoms with Gasteiger partial charge in [-0.3, -0.25) is 14.7 Å². The zero-order valence-corrected chi connectivity index (χ0v) is 21.4. The van der Waals surface area contributed by atoms with Crippen molar-refractivity contribution in [1.29, 1.82) is 0 Å². The van der Waals surface area contributed by atoms with E-state index < -0.39 is 6.67 Å². The van der Waals surface area contributed by atoms with Crippen LogP contribution in [-0.2, 0) is 6.54 Å². The number of nitrogens with one attached hydrogen (secondary N) is 2. The first-order valence-electron chi connectivity index (χ1n) is 12.2. The van der Waals surface area contributed by atoms with Gasteiger partial charge in [0.25, 0.3) is 5.91 Å². The van der Waals surface area contributed by atoms with Crippen LogP contribution in [0.2, 0.25) is 0 Å². The lowest BCUT2D eigenvalue weighted by Gasteiger charge is -2.17. The number of hydrogen-bond acceptors (Lipinski definition) is 4. The van der Waals surface area contributed by atoms with E-state index in [9.17, 15) is 9.18 Å². The Hall–Kier alpha value is -3.42. The Morgan fingerprint density at radius 2 is 1.94 bits per heavy atom. The van der Waals surface area contributed by atoms with Gasteiger partial charge in [0.1, 0.15) is 6.67 Å². The number of H-pyrrole nitrogens is 1. The summed E-state index contributed by atoms with van der Waals surface area (Å²) in [6, 6.07) is 17.8. The number of aromatic amines is 1. The van der Waals surface area contributed by atoms with E-state index in [0.717, 1.165) is 51.6 Å². The monoisotopic (exact) mass is 502 g/mol. The minimum absolute atomic E-state index is 0.0124. The summed E-state index contributed by atoms with van der Waals surface area (Å²) in [6.07, 6.45) is 8.04.